The molecule has 2 aromatic carbocycles. The van der Waals surface area contributed by atoms with Crippen molar-refractivity contribution in [3.8, 4) is 0 Å². The molecule has 1 saturated heterocycles. The number of amides is 3. The molecule has 2 aromatic rings. The summed E-state index contributed by atoms with van der Waals surface area (Å²) in [6, 6.07) is 9.59. The number of hydrogen-bond donors (Lipinski definition) is 1. The minimum atomic E-state index is -0.732. The lowest BCUT2D eigenvalue weighted by Gasteiger charge is -2.19. The quantitative estimate of drug-likeness (QED) is 0.320. The molecule has 3 amide bonds. The third-order valence-corrected chi connectivity index (χ3v) is 8.54. The molecule has 5 rings (SSSR count). The van der Waals surface area contributed by atoms with Crippen LogP contribution < -0.4 is 10.2 Å². The number of esters is 1. The monoisotopic (exact) mass is 556 g/mol. The lowest BCUT2D eigenvalue weighted by atomic mass is 9.82. The zero-order valence-electron chi connectivity index (χ0n) is 19.0. The van der Waals surface area contributed by atoms with Gasteiger partial charge in [-0.25, -0.2) is 9.69 Å². The maximum atomic E-state index is 13.2. The van der Waals surface area contributed by atoms with Gasteiger partial charge in [0, 0.05) is 10.2 Å². The minimum absolute atomic E-state index is 0.0994. The smallest absolute Gasteiger partial charge is 0.338 e. The van der Waals surface area contributed by atoms with E-state index in [0.29, 0.717) is 26.4 Å². The predicted octanol–water partition coefficient (Wildman–Crippen LogP) is 4.91. The number of allylic oxidation sites excluding steroid dienone is 2. The number of ether oxygens (including phenoxy) is 1. The van der Waals surface area contributed by atoms with Crippen molar-refractivity contribution in [3.05, 3.63) is 68.7 Å². The average Bonchev–Trinajstić information content (AvgIpc) is 3.48. The first-order valence-electron chi connectivity index (χ1n) is 11.2. The topological polar surface area (TPSA) is 92.8 Å². The van der Waals surface area contributed by atoms with Crippen molar-refractivity contribution >= 4 is 62.6 Å². The second-order valence-electron chi connectivity index (χ2n) is 9.19. The molecule has 180 valence electrons. The largest absolute Gasteiger partial charge is 0.452 e. The van der Waals surface area contributed by atoms with Crippen molar-refractivity contribution in [3.63, 3.8) is 0 Å². The fourth-order valence-electron chi connectivity index (χ4n) is 5.49. The van der Waals surface area contributed by atoms with Gasteiger partial charge in [-0.1, -0.05) is 29.3 Å². The van der Waals surface area contributed by atoms with E-state index in [1.54, 1.807) is 31.2 Å². The highest BCUT2D eigenvalue weighted by molar-refractivity contribution is 9.10. The van der Waals surface area contributed by atoms with Gasteiger partial charge in [-0.3, -0.25) is 14.4 Å². The lowest BCUT2D eigenvalue weighted by molar-refractivity contribution is -0.123. The average molecular weight is 558 g/mol. The summed E-state index contributed by atoms with van der Waals surface area (Å²) >= 11 is 9.50. The van der Waals surface area contributed by atoms with E-state index >= 15 is 0 Å². The molecular weight excluding hydrogens is 536 g/mol. The van der Waals surface area contributed by atoms with Crippen LogP contribution in [0.2, 0.25) is 5.02 Å². The highest BCUT2D eigenvalue weighted by Crippen LogP contribution is 2.55. The third-order valence-electron chi connectivity index (χ3n) is 7.17. The number of nitrogens with zero attached hydrogens (tertiary/aromatic N) is 1. The first kappa shape index (κ1) is 23.8. The normalized spacial score (nSPS) is 24.5. The minimum Gasteiger partial charge on any atom is -0.452 e. The number of halogens is 2. The van der Waals surface area contributed by atoms with Gasteiger partial charge in [0.25, 0.3) is 5.91 Å². The van der Waals surface area contributed by atoms with Crippen LogP contribution in [0.15, 0.2) is 52.5 Å². The summed E-state index contributed by atoms with van der Waals surface area (Å²) in [6.45, 7) is 3.27. The molecule has 0 radical (unpaired) electrons. The Morgan fingerprint density at radius 1 is 1.14 bits per heavy atom. The number of benzene rings is 2. The summed E-state index contributed by atoms with van der Waals surface area (Å²) in [5, 5.41) is 3.15. The molecule has 35 heavy (non-hydrogen) atoms. The molecule has 2 bridgehead atoms. The van der Waals surface area contributed by atoms with Gasteiger partial charge in [0.15, 0.2) is 6.61 Å². The fraction of sp³-hybridized carbons (Fsp3) is 0.308. The van der Waals surface area contributed by atoms with E-state index in [2.05, 4.69) is 27.3 Å². The number of hydrogen-bond acceptors (Lipinski definition) is 5. The Hall–Kier alpha value is -2.97. The van der Waals surface area contributed by atoms with Gasteiger partial charge in [-0.05, 0) is 83.9 Å². The number of rotatable bonds is 5. The molecule has 1 aliphatic heterocycles. The number of imide groups is 1. The number of fused-ring (bicyclic) bond motifs is 5. The molecule has 2 aliphatic carbocycles. The van der Waals surface area contributed by atoms with E-state index < -0.39 is 18.5 Å². The van der Waals surface area contributed by atoms with Crippen molar-refractivity contribution in [2.75, 3.05) is 16.8 Å². The van der Waals surface area contributed by atoms with Crippen LogP contribution in [0.25, 0.3) is 0 Å². The maximum absolute atomic E-state index is 13.2. The summed E-state index contributed by atoms with van der Waals surface area (Å²) < 4.78 is 5.88. The predicted molar refractivity (Wildman–Crippen MR) is 134 cm³/mol. The number of carbonyl (C=O) groups is 4. The summed E-state index contributed by atoms with van der Waals surface area (Å²) in [6.07, 6.45) is 2.97. The van der Waals surface area contributed by atoms with E-state index in [1.807, 2.05) is 6.92 Å². The van der Waals surface area contributed by atoms with E-state index in [-0.39, 0.29) is 41.0 Å². The highest BCUT2D eigenvalue weighted by atomic mass is 79.9. The highest BCUT2D eigenvalue weighted by Gasteiger charge is 2.60. The van der Waals surface area contributed by atoms with Gasteiger partial charge < -0.3 is 10.1 Å². The third kappa shape index (κ3) is 3.98. The lowest BCUT2D eigenvalue weighted by Crippen LogP contribution is -2.33. The molecule has 3 aliphatic rings. The molecular formula is C26H22BrClN2O5. The zero-order valence-corrected chi connectivity index (χ0v) is 21.4. The Labute approximate surface area is 215 Å². The van der Waals surface area contributed by atoms with Gasteiger partial charge >= 0.3 is 5.97 Å². The van der Waals surface area contributed by atoms with Crippen molar-refractivity contribution in [1.82, 2.24) is 0 Å². The number of nitrogens with one attached hydrogen (secondary N) is 1. The summed E-state index contributed by atoms with van der Waals surface area (Å²) in [5.41, 5.74) is 2.85. The van der Waals surface area contributed by atoms with E-state index in [1.165, 1.54) is 22.6 Å². The van der Waals surface area contributed by atoms with Crippen molar-refractivity contribution in [2.24, 2.45) is 23.7 Å². The molecule has 0 unspecified atom stereocenters. The Bertz CT molecular complexity index is 1320. The van der Waals surface area contributed by atoms with Crippen LogP contribution in [-0.4, -0.2) is 30.3 Å². The Morgan fingerprint density at radius 2 is 1.89 bits per heavy atom. The van der Waals surface area contributed by atoms with Gasteiger partial charge in [0.05, 0.1) is 28.1 Å². The SMILES string of the molecule is CC1=C[C@H]2C[C@H]1[C@H]1C(=O)N(c3cccc(C(=O)OCC(=O)Nc4ccc(Br)c(Cl)c4C)c3)C(=O)[C@H]12. The van der Waals surface area contributed by atoms with Crippen LogP contribution in [0.1, 0.15) is 29.3 Å². The van der Waals surface area contributed by atoms with Gasteiger partial charge in [-0.2, -0.15) is 0 Å². The standard InChI is InChI=1S/C26H22BrClN2O5/c1-12-8-15-10-17(12)22-21(15)24(32)30(25(22)33)16-5-3-4-14(9-16)26(34)35-11-20(31)29-19-7-6-18(27)23(28)13(19)2/h3-9,15,17,21-22H,10-11H2,1-2H3,(H,29,31)/t15-,17+,21-,22+/m0/s1. The summed E-state index contributed by atoms with van der Waals surface area (Å²) in [7, 11) is 0. The second kappa shape index (κ2) is 8.91. The Morgan fingerprint density at radius 3 is 2.66 bits per heavy atom. The van der Waals surface area contributed by atoms with E-state index in [0.717, 1.165) is 6.42 Å². The Kier molecular flexibility index (Phi) is 6.05. The Balaban J connectivity index is 1.25. The van der Waals surface area contributed by atoms with Crippen LogP contribution >= 0.6 is 27.5 Å². The van der Waals surface area contributed by atoms with Crippen LogP contribution in [0.4, 0.5) is 11.4 Å². The van der Waals surface area contributed by atoms with Gasteiger partial charge in [0.2, 0.25) is 11.8 Å². The first-order valence-corrected chi connectivity index (χ1v) is 12.4. The van der Waals surface area contributed by atoms with Gasteiger partial charge in [-0.15, -0.1) is 0 Å². The van der Waals surface area contributed by atoms with Crippen LogP contribution in [0, 0.1) is 30.6 Å². The molecule has 0 aromatic heterocycles. The first-order chi connectivity index (χ1) is 16.7. The summed E-state index contributed by atoms with van der Waals surface area (Å²) in [4.78, 5) is 52.4. The molecule has 4 atom stereocenters. The molecule has 9 heteroatoms. The van der Waals surface area contributed by atoms with Crippen molar-refractivity contribution in [1.29, 1.82) is 0 Å². The van der Waals surface area contributed by atoms with Crippen molar-refractivity contribution < 1.29 is 23.9 Å². The van der Waals surface area contributed by atoms with Crippen LogP contribution in [0.3, 0.4) is 0 Å². The number of anilines is 2. The number of carbonyl (C=O) groups excluding carboxylic acids is 4. The molecule has 1 saturated carbocycles. The second-order valence-corrected chi connectivity index (χ2v) is 10.4. The van der Waals surface area contributed by atoms with Gasteiger partial charge in [0.1, 0.15) is 0 Å². The fourth-order valence-corrected chi connectivity index (χ4v) is 6.08. The van der Waals surface area contributed by atoms with Crippen LogP contribution in [-0.2, 0) is 19.1 Å². The molecule has 1 heterocycles. The molecule has 0 spiro atoms. The molecule has 2 fully saturated rings. The maximum Gasteiger partial charge on any atom is 0.338 e. The van der Waals surface area contributed by atoms with E-state index in [4.69, 9.17) is 16.3 Å². The van der Waals surface area contributed by atoms with Crippen molar-refractivity contribution in [2.45, 2.75) is 20.3 Å². The van der Waals surface area contributed by atoms with E-state index in [9.17, 15) is 19.2 Å². The molecule has 7 nitrogen and oxygen atoms in total. The van der Waals surface area contributed by atoms with Crippen LogP contribution in [0.5, 0.6) is 0 Å². The summed E-state index contributed by atoms with van der Waals surface area (Å²) in [5.74, 6) is -2.13. The molecule has 1 N–H and O–H groups in total. The zero-order chi connectivity index (χ0) is 25.0.